The first-order chi connectivity index (χ1) is 9.06. The SMILES string of the molecule is CC(=O)N(Sc1cc(Cl)cc(Cl)c1)C1CCCCC1. The first kappa shape index (κ1) is 15.0. The lowest BCUT2D eigenvalue weighted by molar-refractivity contribution is -0.125. The molecule has 0 heterocycles. The highest BCUT2D eigenvalue weighted by Gasteiger charge is 2.24. The zero-order chi connectivity index (χ0) is 13.8. The van der Waals surface area contributed by atoms with Gasteiger partial charge in [0.25, 0.3) is 0 Å². The normalized spacial score (nSPS) is 16.4. The largest absolute Gasteiger partial charge is 0.279 e. The van der Waals surface area contributed by atoms with Crippen LogP contribution in [-0.4, -0.2) is 16.3 Å². The van der Waals surface area contributed by atoms with Gasteiger partial charge in [-0.2, -0.15) is 0 Å². The Bertz CT molecular complexity index is 441. The van der Waals surface area contributed by atoms with E-state index in [9.17, 15) is 4.79 Å². The van der Waals surface area contributed by atoms with Crippen molar-refractivity contribution in [2.24, 2.45) is 0 Å². The van der Waals surface area contributed by atoms with Gasteiger partial charge >= 0.3 is 0 Å². The maximum atomic E-state index is 11.9. The van der Waals surface area contributed by atoms with Crippen molar-refractivity contribution in [1.82, 2.24) is 4.31 Å². The first-order valence-electron chi connectivity index (χ1n) is 6.50. The Labute approximate surface area is 128 Å². The van der Waals surface area contributed by atoms with Crippen molar-refractivity contribution in [2.45, 2.75) is 50.0 Å². The highest BCUT2D eigenvalue weighted by Crippen LogP contribution is 2.34. The summed E-state index contributed by atoms with van der Waals surface area (Å²) in [5.74, 6) is 0.0907. The van der Waals surface area contributed by atoms with E-state index in [-0.39, 0.29) is 5.91 Å². The van der Waals surface area contributed by atoms with E-state index in [1.807, 2.05) is 16.4 Å². The molecule has 1 aliphatic carbocycles. The van der Waals surface area contributed by atoms with Crippen LogP contribution in [0, 0.1) is 0 Å². The van der Waals surface area contributed by atoms with Gasteiger partial charge in [-0.05, 0) is 43.0 Å². The van der Waals surface area contributed by atoms with E-state index in [2.05, 4.69) is 0 Å². The molecule has 19 heavy (non-hydrogen) atoms. The molecule has 0 unspecified atom stereocenters. The molecule has 1 amide bonds. The molecular weight excluding hydrogens is 301 g/mol. The van der Waals surface area contributed by atoms with Crippen LogP contribution in [0.5, 0.6) is 0 Å². The summed E-state index contributed by atoms with van der Waals surface area (Å²) < 4.78 is 1.88. The Balaban J connectivity index is 2.13. The topological polar surface area (TPSA) is 20.3 Å². The van der Waals surface area contributed by atoms with Crippen molar-refractivity contribution in [3.8, 4) is 0 Å². The van der Waals surface area contributed by atoms with Crippen LogP contribution in [-0.2, 0) is 4.79 Å². The molecule has 0 atom stereocenters. The second kappa shape index (κ2) is 6.87. The van der Waals surface area contributed by atoms with Crippen molar-refractivity contribution in [2.75, 3.05) is 0 Å². The minimum Gasteiger partial charge on any atom is -0.279 e. The van der Waals surface area contributed by atoms with E-state index in [0.29, 0.717) is 16.1 Å². The molecule has 1 fully saturated rings. The molecule has 2 nitrogen and oxygen atoms in total. The van der Waals surface area contributed by atoms with Gasteiger partial charge in [0.1, 0.15) is 0 Å². The Kier molecular flexibility index (Phi) is 5.43. The van der Waals surface area contributed by atoms with Crippen LogP contribution in [0.2, 0.25) is 10.0 Å². The van der Waals surface area contributed by atoms with Crippen LogP contribution < -0.4 is 0 Å². The standard InChI is InChI=1S/C14H17Cl2NOS/c1-10(18)17(13-5-3-2-4-6-13)19-14-8-11(15)7-12(16)9-14/h7-9,13H,2-6H2,1H3. The number of amides is 1. The number of carbonyl (C=O) groups excluding carboxylic acids is 1. The second-order valence-corrected chi connectivity index (χ2v) is 6.75. The van der Waals surface area contributed by atoms with E-state index in [1.54, 1.807) is 13.0 Å². The lowest BCUT2D eigenvalue weighted by Crippen LogP contribution is -2.34. The van der Waals surface area contributed by atoms with Gasteiger partial charge in [-0.3, -0.25) is 9.10 Å². The smallest absolute Gasteiger partial charge is 0.229 e. The molecule has 0 aromatic heterocycles. The average Bonchev–Trinajstić information content (AvgIpc) is 2.35. The predicted octanol–water partition coefficient (Wildman–Crippen LogP) is 5.18. The molecule has 104 valence electrons. The quantitative estimate of drug-likeness (QED) is 0.716. The van der Waals surface area contributed by atoms with Crippen molar-refractivity contribution in [3.05, 3.63) is 28.2 Å². The number of hydrogen-bond acceptors (Lipinski definition) is 2. The van der Waals surface area contributed by atoms with Crippen LogP contribution >= 0.6 is 35.1 Å². The van der Waals surface area contributed by atoms with E-state index in [1.165, 1.54) is 31.2 Å². The van der Waals surface area contributed by atoms with Crippen molar-refractivity contribution >= 4 is 41.1 Å². The summed E-state index contributed by atoms with van der Waals surface area (Å²) >= 11 is 13.4. The fourth-order valence-corrected chi connectivity index (χ4v) is 4.14. The van der Waals surface area contributed by atoms with E-state index in [4.69, 9.17) is 23.2 Å². The zero-order valence-electron chi connectivity index (χ0n) is 10.9. The van der Waals surface area contributed by atoms with Gasteiger partial charge < -0.3 is 0 Å². The van der Waals surface area contributed by atoms with E-state index in [0.717, 1.165) is 17.7 Å². The van der Waals surface area contributed by atoms with Gasteiger partial charge in [0.05, 0.1) is 0 Å². The molecule has 0 N–H and O–H groups in total. The molecular formula is C14H17Cl2NOS. The van der Waals surface area contributed by atoms with Crippen LogP contribution in [0.3, 0.4) is 0 Å². The molecule has 0 bridgehead atoms. The van der Waals surface area contributed by atoms with Gasteiger partial charge in [0.2, 0.25) is 5.91 Å². The van der Waals surface area contributed by atoms with Crippen molar-refractivity contribution in [1.29, 1.82) is 0 Å². The molecule has 0 aliphatic heterocycles. The van der Waals surface area contributed by atoms with Gasteiger partial charge in [0, 0.05) is 27.9 Å². The zero-order valence-corrected chi connectivity index (χ0v) is 13.2. The van der Waals surface area contributed by atoms with Crippen molar-refractivity contribution in [3.63, 3.8) is 0 Å². The summed E-state index contributed by atoms with van der Waals surface area (Å²) in [6.07, 6.45) is 5.84. The molecule has 0 spiro atoms. The fourth-order valence-electron chi connectivity index (χ4n) is 2.41. The molecule has 2 rings (SSSR count). The number of hydrogen-bond donors (Lipinski definition) is 0. The van der Waals surface area contributed by atoms with E-state index < -0.39 is 0 Å². The second-order valence-electron chi connectivity index (χ2n) is 4.83. The van der Waals surface area contributed by atoms with Crippen LogP contribution in [0.25, 0.3) is 0 Å². The lowest BCUT2D eigenvalue weighted by Gasteiger charge is -2.32. The third-order valence-electron chi connectivity index (χ3n) is 3.26. The predicted molar refractivity (Wildman–Crippen MR) is 81.7 cm³/mol. The van der Waals surface area contributed by atoms with Crippen molar-refractivity contribution < 1.29 is 4.79 Å². The minimum absolute atomic E-state index is 0.0907. The molecule has 0 radical (unpaired) electrons. The number of rotatable bonds is 3. The summed E-state index contributed by atoms with van der Waals surface area (Å²) in [4.78, 5) is 12.8. The summed E-state index contributed by atoms with van der Waals surface area (Å²) in [5, 5.41) is 1.20. The van der Waals surface area contributed by atoms with Crippen LogP contribution in [0.1, 0.15) is 39.0 Å². The fraction of sp³-hybridized carbons (Fsp3) is 0.500. The summed E-state index contributed by atoms with van der Waals surface area (Å²) in [6.45, 7) is 1.62. The minimum atomic E-state index is 0.0907. The number of benzene rings is 1. The number of nitrogens with zero attached hydrogens (tertiary/aromatic N) is 1. The summed E-state index contributed by atoms with van der Waals surface area (Å²) in [6, 6.07) is 5.72. The Hall–Kier alpha value is -0.380. The van der Waals surface area contributed by atoms with Crippen LogP contribution in [0.4, 0.5) is 0 Å². The average molecular weight is 318 g/mol. The third-order valence-corrected chi connectivity index (χ3v) is 4.89. The maximum Gasteiger partial charge on any atom is 0.229 e. The highest BCUT2D eigenvalue weighted by molar-refractivity contribution is 7.97. The van der Waals surface area contributed by atoms with Gasteiger partial charge in [0.15, 0.2) is 0 Å². The molecule has 1 saturated carbocycles. The molecule has 0 saturated heterocycles. The molecule has 1 aromatic carbocycles. The lowest BCUT2D eigenvalue weighted by atomic mass is 9.95. The first-order valence-corrected chi connectivity index (χ1v) is 8.03. The highest BCUT2D eigenvalue weighted by atomic mass is 35.5. The maximum absolute atomic E-state index is 11.9. The van der Waals surface area contributed by atoms with E-state index >= 15 is 0 Å². The number of halogens is 2. The monoisotopic (exact) mass is 317 g/mol. The van der Waals surface area contributed by atoms with Crippen LogP contribution in [0.15, 0.2) is 23.1 Å². The van der Waals surface area contributed by atoms with Gasteiger partial charge in [-0.1, -0.05) is 42.5 Å². The number of carbonyl (C=O) groups is 1. The summed E-state index contributed by atoms with van der Waals surface area (Å²) in [5.41, 5.74) is 0. The Morgan fingerprint density at radius 1 is 1.16 bits per heavy atom. The Morgan fingerprint density at radius 2 is 1.74 bits per heavy atom. The van der Waals surface area contributed by atoms with Gasteiger partial charge in [-0.25, -0.2) is 0 Å². The molecule has 5 heteroatoms. The molecule has 1 aliphatic rings. The summed E-state index contributed by atoms with van der Waals surface area (Å²) in [7, 11) is 0. The third kappa shape index (κ3) is 4.30. The molecule has 1 aromatic rings. The van der Waals surface area contributed by atoms with Gasteiger partial charge in [-0.15, -0.1) is 0 Å². The Morgan fingerprint density at radius 3 is 2.26 bits per heavy atom.